The molecule has 1 N–H and O–H groups in total. The van der Waals surface area contributed by atoms with Gasteiger partial charge in [-0.2, -0.15) is 0 Å². The van der Waals surface area contributed by atoms with E-state index in [0.717, 1.165) is 11.1 Å². The van der Waals surface area contributed by atoms with Crippen LogP contribution in [0.4, 0.5) is 5.69 Å². The van der Waals surface area contributed by atoms with Crippen molar-refractivity contribution in [1.82, 2.24) is 5.16 Å². The van der Waals surface area contributed by atoms with Crippen LogP contribution >= 0.6 is 23.2 Å². The minimum Gasteiger partial charge on any atom is -0.481 e. The quantitative estimate of drug-likeness (QED) is 0.240. The zero-order chi connectivity index (χ0) is 23.9. The number of ether oxygens (including phenoxy) is 2. The molecular weight excluding hydrogens is 479 g/mol. The lowest BCUT2D eigenvalue weighted by Gasteiger charge is -2.13. The number of carbonyl (C=O) groups excluding carboxylic acids is 2. The van der Waals surface area contributed by atoms with Gasteiger partial charge in [0.1, 0.15) is 12.3 Å². The van der Waals surface area contributed by atoms with Crippen LogP contribution in [0.5, 0.6) is 5.75 Å². The molecule has 0 radical (unpaired) electrons. The molecule has 0 bridgehead atoms. The summed E-state index contributed by atoms with van der Waals surface area (Å²) >= 11 is 12.2. The molecule has 0 spiro atoms. The van der Waals surface area contributed by atoms with Gasteiger partial charge in [-0.25, -0.2) is 9.59 Å². The van der Waals surface area contributed by atoms with Gasteiger partial charge in [-0.1, -0.05) is 58.7 Å². The molecule has 4 aromatic rings. The van der Waals surface area contributed by atoms with E-state index in [1.165, 1.54) is 6.20 Å². The smallest absolute Gasteiger partial charge is 0.351 e. The Morgan fingerprint density at radius 2 is 1.62 bits per heavy atom. The van der Waals surface area contributed by atoms with Crippen LogP contribution in [0, 0.1) is 0 Å². The minimum atomic E-state index is -0.843. The predicted molar refractivity (Wildman–Crippen MR) is 129 cm³/mol. The number of nitrogens with zero attached hydrogens (tertiary/aromatic N) is 1. The largest absolute Gasteiger partial charge is 0.481 e. The second-order valence-corrected chi connectivity index (χ2v) is 7.93. The fraction of sp³-hybridized carbons (Fsp3) is 0.0800. The van der Waals surface area contributed by atoms with Crippen LogP contribution in [-0.2, 0) is 14.3 Å². The van der Waals surface area contributed by atoms with Crippen molar-refractivity contribution in [2.45, 2.75) is 0 Å². The highest BCUT2D eigenvalue weighted by atomic mass is 35.5. The van der Waals surface area contributed by atoms with E-state index in [1.807, 2.05) is 30.3 Å². The first-order valence-corrected chi connectivity index (χ1v) is 10.9. The fourth-order valence-electron chi connectivity index (χ4n) is 3.20. The first-order valence-electron chi connectivity index (χ1n) is 10.2. The Bertz CT molecular complexity index is 1290. The summed E-state index contributed by atoms with van der Waals surface area (Å²) < 4.78 is 15.5. The Hall–Kier alpha value is -3.81. The van der Waals surface area contributed by atoms with Gasteiger partial charge in [0.25, 0.3) is 0 Å². The van der Waals surface area contributed by atoms with E-state index < -0.39 is 18.5 Å². The Kier molecular flexibility index (Phi) is 7.47. The summed E-state index contributed by atoms with van der Waals surface area (Å²) in [6.07, 6.45) is 1.48. The Balaban J connectivity index is 1.34. The van der Waals surface area contributed by atoms with Gasteiger partial charge in [0.15, 0.2) is 12.4 Å². The number of esters is 2. The predicted octanol–water partition coefficient (Wildman–Crippen LogP) is 5.88. The summed E-state index contributed by atoms with van der Waals surface area (Å²) in [6, 6.07) is 21.3. The normalized spacial score (nSPS) is 10.5. The maximum Gasteiger partial charge on any atom is 0.351 e. The number of aromatic nitrogens is 1. The van der Waals surface area contributed by atoms with Gasteiger partial charge in [0.05, 0.1) is 11.8 Å². The second kappa shape index (κ2) is 10.9. The Morgan fingerprint density at radius 1 is 0.882 bits per heavy atom. The molecule has 3 aromatic carbocycles. The molecule has 1 heterocycles. The van der Waals surface area contributed by atoms with Crippen molar-refractivity contribution < 1.29 is 23.6 Å². The first-order chi connectivity index (χ1) is 16.5. The van der Waals surface area contributed by atoms with Crippen LogP contribution in [0.15, 0.2) is 83.5 Å². The monoisotopic (exact) mass is 496 g/mol. The van der Waals surface area contributed by atoms with Crippen molar-refractivity contribution in [2.75, 3.05) is 18.5 Å². The molecule has 7 nitrogen and oxygen atoms in total. The molecule has 9 heteroatoms. The van der Waals surface area contributed by atoms with E-state index in [-0.39, 0.29) is 6.54 Å². The van der Waals surface area contributed by atoms with Gasteiger partial charge in [-0.15, -0.1) is 0 Å². The molecule has 0 saturated heterocycles. The summed E-state index contributed by atoms with van der Waals surface area (Å²) in [6.45, 7) is -0.706. The van der Waals surface area contributed by atoms with Gasteiger partial charge in [0.2, 0.25) is 0 Å². The van der Waals surface area contributed by atoms with Gasteiger partial charge in [0, 0.05) is 27.4 Å². The number of halogens is 2. The Labute approximate surface area is 205 Å². The number of anilines is 1. The molecule has 0 atom stereocenters. The minimum absolute atomic E-state index is 0.225. The van der Waals surface area contributed by atoms with Crippen LogP contribution < -0.4 is 10.1 Å². The molecule has 0 amide bonds. The van der Waals surface area contributed by atoms with Crippen molar-refractivity contribution in [3.63, 3.8) is 0 Å². The highest BCUT2D eigenvalue weighted by Crippen LogP contribution is 2.33. The van der Waals surface area contributed by atoms with Crippen molar-refractivity contribution in [3.05, 3.63) is 89.0 Å². The Morgan fingerprint density at radius 3 is 2.35 bits per heavy atom. The molecule has 0 unspecified atom stereocenters. The standard InChI is InChI=1S/C25H18Cl2N2O5/c26-17-6-8-21(19(12-17)16-4-2-1-3-5-16)28-14-24(30)33-25(31)15-32-22-9-7-18(27)13-20(22)23-10-11-29-34-23/h1-13,28H,14-15H2. The highest BCUT2D eigenvalue weighted by Gasteiger charge is 2.16. The third-order valence-electron chi connectivity index (χ3n) is 4.71. The number of nitrogens with one attached hydrogen (secondary N) is 1. The lowest BCUT2D eigenvalue weighted by Crippen LogP contribution is -2.24. The zero-order valence-electron chi connectivity index (χ0n) is 17.7. The van der Waals surface area contributed by atoms with Crippen LogP contribution in [0.2, 0.25) is 10.0 Å². The molecule has 0 aliphatic heterocycles. The zero-order valence-corrected chi connectivity index (χ0v) is 19.2. The highest BCUT2D eigenvalue weighted by molar-refractivity contribution is 6.31. The van der Waals surface area contributed by atoms with Gasteiger partial charge in [-0.3, -0.25) is 0 Å². The van der Waals surface area contributed by atoms with E-state index in [1.54, 1.807) is 42.5 Å². The van der Waals surface area contributed by atoms with Crippen molar-refractivity contribution >= 4 is 40.8 Å². The molecule has 0 fully saturated rings. The van der Waals surface area contributed by atoms with Crippen LogP contribution in [-0.4, -0.2) is 30.2 Å². The molecule has 1 aromatic heterocycles. The lowest BCUT2D eigenvalue weighted by molar-refractivity contribution is -0.159. The number of hydrogen-bond donors (Lipinski definition) is 1. The maximum atomic E-state index is 12.2. The first kappa shape index (κ1) is 23.4. The fourth-order valence-corrected chi connectivity index (χ4v) is 3.54. The topological polar surface area (TPSA) is 90.7 Å². The molecule has 0 saturated carbocycles. The number of benzene rings is 3. The number of rotatable bonds is 8. The maximum absolute atomic E-state index is 12.2. The van der Waals surface area contributed by atoms with Crippen LogP contribution in [0.3, 0.4) is 0 Å². The number of hydrogen-bond acceptors (Lipinski definition) is 7. The SMILES string of the molecule is O=C(CNc1ccc(Cl)cc1-c1ccccc1)OC(=O)COc1ccc(Cl)cc1-c1ccno1. The molecule has 0 aliphatic rings. The van der Waals surface area contributed by atoms with Crippen LogP contribution in [0.25, 0.3) is 22.5 Å². The van der Waals surface area contributed by atoms with E-state index >= 15 is 0 Å². The average molecular weight is 497 g/mol. The molecule has 172 valence electrons. The molecule has 0 aliphatic carbocycles. The second-order valence-electron chi connectivity index (χ2n) is 7.06. The third kappa shape index (κ3) is 5.95. The van der Waals surface area contributed by atoms with Gasteiger partial charge < -0.3 is 19.3 Å². The van der Waals surface area contributed by atoms with Crippen molar-refractivity contribution in [3.8, 4) is 28.2 Å². The molecular formula is C25H18Cl2N2O5. The lowest BCUT2D eigenvalue weighted by atomic mass is 10.0. The summed E-state index contributed by atoms with van der Waals surface area (Å²) in [5.41, 5.74) is 2.94. The summed E-state index contributed by atoms with van der Waals surface area (Å²) in [4.78, 5) is 24.4. The van der Waals surface area contributed by atoms with E-state index in [9.17, 15) is 9.59 Å². The average Bonchev–Trinajstić information content (AvgIpc) is 3.38. The van der Waals surface area contributed by atoms with Crippen molar-refractivity contribution in [1.29, 1.82) is 0 Å². The summed E-state index contributed by atoms with van der Waals surface area (Å²) in [7, 11) is 0. The third-order valence-corrected chi connectivity index (χ3v) is 5.18. The van der Waals surface area contributed by atoms with E-state index in [0.29, 0.717) is 32.8 Å². The van der Waals surface area contributed by atoms with Gasteiger partial charge in [-0.05, 0) is 42.0 Å². The van der Waals surface area contributed by atoms with Gasteiger partial charge >= 0.3 is 11.9 Å². The summed E-state index contributed by atoms with van der Waals surface area (Å²) in [5.74, 6) is -0.848. The van der Waals surface area contributed by atoms with Crippen LogP contribution in [0.1, 0.15) is 0 Å². The molecule has 34 heavy (non-hydrogen) atoms. The van der Waals surface area contributed by atoms with Crippen molar-refractivity contribution in [2.24, 2.45) is 0 Å². The molecule has 4 rings (SSSR count). The van der Waals surface area contributed by atoms with E-state index in [4.69, 9.17) is 37.2 Å². The number of carbonyl (C=O) groups is 2. The summed E-state index contributed by atoms with van der Waals surface area (Å²) in [5, 5.41) is 7.67. The van der Waals surface area contributed by atoms with E-state index in [2.05, 4.69) is 10.5 Å².